The highest BCUT2D eigenvalue weighted by Crippen LogP contribution is 2.32. The van der Waals surface area contributed by atoms with Gasteiger partial charge in [0.1, 0.15) is 0 Å². The SMILES string of the molecule is O=C=NCC1CCC(Cn2c(=O)n(CC3CCC(CN=C=O)CC3)c(=O)n(CC3CCC(CN=S=O)CC3)c2=O)CC1. The second-order valence-electron chi connectivity index (χ2n) is 12.6. The number of isocyanates is 2. The highest BCUT2D eigenvalue weighted by atomic mass is 32.1. The van der Waals surface area contributed by atoms with Gasteiger partial charge in [0.05, 0.1) is 19.6 Å². The van der Waals surface area contributed by atoms with E-state index in [1.165, 1.54) is 13.7 Å². The Balaban J connectivity index is 1.54. The fourth-order valence-corrected chi connectivity index (χ4v) is 7.46. The van der Waals surface area contributed by atoms with Crippen LogP contribution in [0.2, 0.25) is 0 Å². The van der Waals surface area contributed by atoms with Crippen LogP contribution in [0.3, 0.4) is 0 Å². The summed E-state index contributed by atoms with van der Waals surface area (Å²) in [6.45, 7) is 2.29. The van der Waals surface area contributed by atoms with E-state index in [9.17, 15) is 28.2 Å². The molecule has 0 saturated heterocycles. The highest BCUT2D eigenvalue weighted by Gasteiger charge is 2.28. The summed E-state index contributed by atoms with van der Waals surface area (Å²) in [6, 6.07) is 0. The maximum atomic E-state index is 13.7. The van der Waals surface area contributed by atoms with E-state index in [0.717, 1.165) is 77.0 Å². The fourth-order valence-electron chi connectivity index (χ4n) is 7.18. The molecule has 1 heterocycles. The molecule has 13 heteroatoms. The van der Waals surface area contributed by atoms with Crippen molar-refractivity contribution < 1.29 is 13.8 Å². The van der Waals surface area contributed by atoms with Crippen LogP contribution in [0.1, 0.15) is 77.0 Å². The van der Waals surface area contributed by atoms with E-state index in [1.807, 2.05) is 0 Å². The van der Waals surface area contributed by atoms with Crippen LogP contribution >= 0.6 is 0 Å². The van der Waals surface area contributed by atoms with Crippen LogP contribution in [0.4, 0.5) is 0 Å². The minimum Gasteiger partial charge on any atom is -0.247 e. The van der Waals surface area contributed by atoms with Crippen molar-refractivity contribution >= 4 is 23.6 Å². The molecule has 0 atom stereocenters. The van der Waals surface area contributed by atoms with Crippen molar-refractivity contribution in [1.29, 1.82) is 0 Å². The van der Waals surface area contributed by atoms with E-state index in [-0.39, 0.29) is 48.9 Å². The Kier molecular flexibility index (Phi) is 12.2. The quantitative estimate of drug-likeness (QED) is 0.265. The molecular weight excluding hydrogens is 560 g/mol. The van der Waals surface area contributed by atoms with Gasteiger partial charge in [-0.2, -0.15) is 8.57 Å². The molecule has 3 aliphatic carbocycles. The summed E-state index contributed by atoms with van der Waals surface area (Å²) in [4.78, 5) is 69.6. The Morgan fingerprint density at radius 3 is 1.10 bits per heavy atom. The van der Waals surface area contributed by atoms with Gasteiger partial charge in [0.25, 0.3) is 0 Å². The third kappa shape index (κ3) is 8.52. The van der Waals surface area contributed by atoms with E-state index in [0.29, 0.717) is 37.4 Å². The van der Waals surface area contributed by atoms with Gasteiger partial charge in [0, 0.05) is 19.6 Å². The first-order valence-corrected chi connectivity index (χ1v) is 16.1. The molecule has 42 heavy (non-hydrogen) atoms. The summed E-state index contributed by atoms with van der Waals surface area (Å²) in [5.41, 5.74) is -1.57. The van der Waals surface area contributed by atoms with Gasteiger partial charge in [0.2, 0.25) is 12.2 Å². The van der Waals surface area contributed by atoms with Crippen molar-refractivity contribution in [2.75, 3.05) is 19.6 Å². The molecule has 0 radical (unpaired) electrons. The van der Waals surface area contributed by atoms with Crippen molar-refractivity contribution in [1.82, 2.24) is 13.7 Å². The number of aliphatic imine (C=N–C) groups is 2. The molecule has 1 aromatic heterocycles. The molecule has 0 N–H and O–H groups in total. The maximum Gasteiger partial charge on any atom is 0.336 e. The Hall–Kier alpha value is -3.01. The molecule has 0 unspecified atom stereocenters. The Morgan fingerprint density at radius 1 is 0.524 bits per heavy atom. The molecule has 12 nitrogen and oxygen atoms in total. The molecule has 0 spiro atoms. The monoisotopic (exact) mass is 602 g/mol. The van der Waals surface area contributed by atoms with Gasteiger partial charge < -0.3 is 0 Å². The Labute approximate surface area is 248 Å². The van der Waals surface area contributed by atoms with Crippen LogP contribution in [0.15, 0.2) is 28.7 Å². The van der Waals surface area contributed by atoms with Crippen molar-refractivity contribution in [2.45, 2.75) is 96.7 Å². The third-order valence-corrected chi connectivity index (χ3v) is 10.1. The van der Waals surface area contributed by atoms with Gasteiger partial charge in [-0.1, -0.05) is 0 Å². The first-order chi connectivity index (χ1) is 20.4. The predicted octanol–water partition coefficient (Wildman–Crippen LogP) is 2.66. The number of hydrogen-bond acceptors (Lipinski definition) is 9. The van der Waals surface area contributed by atoms with Crippen LogP contribution in [-0.2, 0) is 40.7 Å². The van der Waals surface area contributed by atoms with E-state index >= 15 is 0 Å². The molecule has 3 aliphatic rings. The maximum absolute atomic E-state index is 13.7. The van der Waals surface area contributed by atoms with Gasteiger partial charge in [-0.05, 0) is 113 Å². The van der Waals surface area contributed by atoms with Gasteiger partial charge in [-0.25, -0.2) is 47.7 Å². The summed E-state index contributed by atoms with van der Waals surface area (Å²) in [6.07, 6.45) is 13.5. The molecule has 1 aromatic rings. The Morgan fingerprint density at radius 2 is 0.810 bits per heavy atom. The first kappa shape index (κ1) is 31.9. The molecule has 230 valence electrons. The second kappa shape index (κ2) is 16.0. The van der Waals surface area contributed by atoms with Crippen molar-refractivity contribution in [3.8, 4) is 0 Å². The van der Waals surface area contributed by atoms with E-state index in [4.69, 9.17) is 0 Å². The predicted molar refractivity (Wildman–Crippen MR) is 157 cm³/mol. The van der Waals surface area contributed by atoms with Crippen molar-refractivity contribution in [2.24, 2.45) is 49.9 Å². The molecule has 0 aromatic carbocycles. The largest absolute Gasteiger partial charge is 0.336 e. The van der Waals surface area contributed by atoms with Crippen LogP contribution in [-0.4, -0.2) is 49.7 Å². The molecule has 4 rings (SSSR count). The van der Waals surface area contributed by atoms with Crippen molar-refractivity contribution in [3.63, 3.8) is 0 Å². The summed E-state index contributed by atoms with van der Waals surface area (Å²) >= 11 is 0.255. The van der Waals surface area contributed by atoms with E-state index in [1.54, 1.807) is 12.2 Å². The standard InChI is InChI=1S/C29H42N6O6S/c36-19-30-13-21-1-7-24(8-2-21)16-33-27(38)34(17-25-9-3-22(4-10-25)14-31-20-37)29(40)35(28(33)39)18-26-11-5-23(6-12-26)15-32-42-41/h21-26H,1-18H2. The van der Waals surface area contributed by atoms with Gasteiger partial charge >= 0.3 is 17.1 Å². The fraction of sp³-hybridized carbons (Fsp3) is 0.828. The lowest BCUT2D eigenvalue weighted by atomic mass is 9.82. The molecule has 3 saturated carbocycles. The molecule has 3 fully saturated rings. The topological polar surface area (TPSA) is 154 Å². The normalized spacial score (nSPS) is 27.8. The Bertz CT molecular complexity index is 1180. The first-order valence-electron chi connectivity index (χ1n) is 15.4. The molecule has 0 bridgehead atoms. The summed E-state index contributed by atoms with van der Waals surface area (Å²) in [5, 5.41) is 0. The zero-order chi connectivity index (χ0) is 29.9. The lowest BCUT2D eigenvalue weighted by Crippen LogP contribution is -2.56. The lowest BCUT2D eigenvalue weighted by molar-refractivity contribution is 0.220. The molecule has 0 amide bonds. The van der Waals surface area contributed by atoms with Crippen molar-refractivity contribution in [3.05, 3.63) is 31.5 Å². The van der Waals surface area contributed by atoms with E-state index in [2.05, 4.69) is 14.3 Å². The average Bonchev–Trinajstić information content (AvgIpc) is 3.02. The summed E-state index contributed by atoms with van der Waals surface area (Å²) in [5.74, 6) is 1.40. The number of hydrogen-bond donors (Lipinski definition) is 0. The molecule has 0 aliphatic heterocycles. The van der Waals surface area contributed by atoms with E-state index < -0.39 is 17.1 Å². The number of aromatic nitrogens is 3. The van der Waals surface area contributed by atoms with Crippen LogP contribution in [0.5, 0.6) is 0 Å². The van der Waals surface area contributed by atoms with Gasteiger partial charge in [-0.15, -0.1) is 0 Å². The zero-order valence-electron chi connectivity index (χ0n) is 24.2. The van der Waals surface area contributed by atoms with Crippen LogP contribution < -0.4 is 17.1 Å². The van der Waals surface area contributed by atoms with Gasteiger partial charge in [0.15, 0.2) is 11.5 Å². The number of rotatable bonds is 12. The van der Waals surface area contributed by atoms with Crippen LogP contribution in [0.25, 0.3) is 0 Å². The third-order valence-electron chi connectivity index (χ3n) is 9.82. The van der Waals surface area contributed by atoms with Gasteiger partial charge in [-0.3, -0.25) is 0 Å². The lowest BCUT2D eigenvalue weighted by Gasteiger charge is -2.30. The molecular formula is C29H42N6O6S. The minimum atomic E-state index is -0.526. The summed E-state index contributed by atoms with van der Waals surface area (Å²) in [7, 11) is 0. The average molecular weight is 603 g/mol. The second-order valence-corrected chi connectivity index (χ2v) is 13.0. The highest BCUT2D eigenvalue weighted by molar-refractivity contribution is 7.54. The smallest absolute Gasteiger partial charge is 0.247 e. The number of nitrogens with zero attached hydrogens (tertiary/aromatic N) is 6. The summed E-state index contributed by atoms with van der Waals surface area (Å²) < 4.78 is 18.4. The van der Waals surface area contributed by atoms with Crippen LogP contribution in [0, 0.1) is 35.5 Å². The zero-order valence-corrected chi connectivity index (χ0v) is 25.0. The number of carbonyl (C=O) groups excluding carboxylic acids is 2. The minimum absolute atomic E-state index is 0.137.